The number of anilines is 1. The third-order valence-corrected chi connectivity index (χ3v) is 4.44. The molecule has 1 aliphatic carbocycles. The standard InChI is InChI=1S/C19H19N3/c1-4-10-17-14(6-1)7-5-11-18(17)15-12-20-19(21-13-15)22-16-8-2-3-9-16/h1,4-7,10-13,16H,2-3,8-9H2,(H,20,21,22). The molecule has 1 N–H and O–H groups in total. The Balaban J connectivity index is 1.64. The van der Waals surface area contributed by atoms with E-state index in [1.54, 1.807) is 0 Å². The fraction of sp³-hybridized carbons (Fsp3) is 0.263. The van der Waals surface area contributed by atoms with Crippen LogP contribution in [0.5, 0.6) is 0 Å². The van der Waals surface area contributed by atoms with Crippen LogP contribution in [0.1, 0.15) is 25.7 Å². The topological polar surface area (TPSA) is 37.8 Å². The molecule has 0 amide bonds. The molecule has 3 heteroatoms. The Morgan fingerprint density at radius 3 is 2.41 bits per heavy atom. The quantitative estimate of drug-likeness (QED) is 0.762. The van der Waals surface area contributed by atoms with Crippen molar-refractivity contribution in [3.8, 4) is 11.1 Å². The SMILES string of the molecule is c1ccc2c(-c3cnc(NC4CCCC4)nc3)cccc2c1. The van der Waals surface area contributed by atoms with Crippen LogP contribution >= 0.6 is 0 Å². The predicted octanol–water partition coefficient (Wildman–Crippen LogP) is 4.65. The van der Waals surface area contributed by atoms with Crippen molar-refractivity contribution < 1.29 is 0 Å². The van der Waals surface area contributed by atoms with Crippen LogP contribution in [0, 0.1) is 0 Å². The van der Waals surface area contributed by atoms with Gasteiger partial charge in [-0.05, 0) is 29.2 Å². The number of nitrogens with one attached hydrogen (secondary N) is 1. The fourth-order valence-corrected chi connectivity index (χ4v) is 3.27. The molecule has 1 saturated carbocycles. The van der Waals surface area contributed by atoms with Gasteiger partial charge in [-0.2, -0.15) is 0 Å². The van der Waals surface area contributed by atoms with Crippen molar-refractivity contribution in [3.63, 3.8) is 0 Å². The summed E-state index contributed by atoms with van der Waals surface area (Å²) in [6, 6.07) is 15.3. The van der Waals surface area contributed by atoms with Gasteiger partial charge in [0.1, 0.15) is 0 Å². The van der Waals surface area contributed by atoms with Gasteiger partial charge in [0.25, 0.3) is 0 Å². The molecular formula is C19H19N3. The van der Waals surface area contributed by atoms with E-state index >= 15 is 0 Å². The average Bonchev–Trinajstić information content (AvgIpc) is 3.08. The molecule has 0 unspecified atom stereocenters. The van der Waals surface area contributed by atoms with Gasteiger partial charge in [-0.3, -0.25) is 0 Å². The van der Waals surface area contributed by atoms with E-state index in [0.717, 1.165) is 11.5 Å². The summed E-state index contributed by atoms with van der Waals surface area (Å²) in [6.07, 6.45) is 8.93. The zero-order chi connectivity index (χ0) is 14.8. The third kappa shape index (κ3) is 2.54. The molecule has 2 aromatic carbocycles. The van der Waals surface area contributed by atoms with Gasteiger partial charge >= 0.3 is 0 Å². The third-order valence-electron chi connectivity index (χ3n) is 4.44. The maximum atomic E-state index is 4.50. The second kappa shape index (κ2) is 5.76. The van der Waals surface area contributed by atoms with Crippen LogP contribution in [0.15, 0.2) is 54.9 Å². The number of aromatic nitrogens is 2. The lowest BCUT2D eigenvalue weighted by atomic mass is 10.0. The van der Waals surface area contributed by atoms with Crippen molar-refractivity contribution in [2.75, 3.05) is 5.32 Å². The summed E-state index contributed by atoms with van der Waals surface area (Å²) in [4.78, 5) is 9.01. The van der Waals surface area contributed by atoms with Crippen LogP contribution in [0.25, 0.3) is 21.9 Å². The molecule has 0 aliphatic heterocycles. The lowest BCUT2D eigenvalue weighted by Crippen LogP contribution is -2.16. The van der Waals surface area contributed by atoms with Crippen LogP contribution in [-0.4, -0.2) is 16.0 Å². The Morgan fingerprint density at radius 1 is 0.864 bits per heavy atom. The van der Waals surface area contributed by atoms with Crippen molar-refractivity contribution in [1.29, 1.82) is 0 Å². The van der Waals surface area contributed by atoms with Gasteiger partial charge in [-0.25, -0.2) is 9.97 Å². The largest absolute Gasteiger partial charge is 0.351 e. The minimum absolute atomic E-state index is 0.545. The normalized spacial score (nSPS) is 15.3. The molecule has 4 rings (SSSR count). The smallest absolute Gasteiger partial charge is 0.222 e. The molecule has 0 atom stereocenters. The Labute approximate surface area is 130 Å². The van der Waals surface area contributed by atoms with Crippen LogP contribution in [-0.2, 0) is 0 Å². The molecule has 1 heterocycles. The van der Waals surface area contributed by atoms with Crippen LogP contribution in [0.2, 0.25) is 0 Å². The highest BCUT2D eigenvalue weighted by Crippen LogP contribution is 2.28. The van der Waals surface area contributed by atoms with E-state index in [9.17, 15) is 0 Å². The number of hydrogen-bond donors (Lipinski definition) is 1. The molecule has 1 fully saturated rings. The second-order valence-corrected chi connectivity index (χ2v) is 5.95. The summed E-state index contributed by atoms with van der Waals surface area (Å²) in [6.45, 7) is 0. The number of hydrogen-bond acceptors (Lipinski definition) is 3. The summed E-state index contributed by atoms with van der Waals surface area (Å²) >= 11 is 0. The first-order valence-corrected chi connectivity index (χ1v) is 7.97. The zero-order valence-electron chi connectivity index (χ0n) is 12.5. The lowest BCUT2D eigenvalue weighted by molar-refractivity contribution is 0.744. The highest BCUT2D eigenvalue weighted by Gasteiger charge is 2.15. The van der Waals surface area contributed by atoms with E-state index in [-0.39, 0.29) is 0 Å². The zero-order valence-corrected chi connectivity index (χ0v) is 12.5. The molecule has 3 aromatic rings. The Hall–Kier alpha value is -2.42. The van der Waals surface area contributed by atoms with E-state index in [1.165, 1.54) is 42.0 Å². The maximum Gasteiger partial charge on any atom is 0.222 e. The van der Waals surface area contributed by atoms with Gasteiger partial charge in [-0.15, -0.1) is 0 Å². The molecule has 0 saturated heterocycles. The molecular weight excluding hydrogens is 270 g/mol. The molecule has 0 spiro atoms. The molecule has 1 aromatic heterocycles. The van der Waals surface area contributed by atoms with Crippen molar-refractivity contribution in [2.24, 2.45) is 0 Å². The predicted molar refractivity (Wildman–Crippen MR) is 90.9 cm³/mol. The molecule has 0 bridgehead atoms. The molecule has 22 heavy (non-hydrogen) atoms. The summed E-state index contributed by atoms with van der Waals surface area (Å²) in [5, 5.41) is 5.92. The Bertz CT molecular complexity index is 769. The van der Waals surface area contributed by atoms with Gasteiger partial charge in [0, 0.05) is 24.0 Å². The van der Waals surface area contributed by atoms with E-state index in [0.29, 0.717) is 6.04 Å². The highest BCUT2D eigenvalue weighted by atomic mass is 15.1. The fourth-order valence-electron chi connectivity index (χ4n) is 3.27. The van der Waals surface area contributed by atoms with E-state index in [2.05, 4.69) is 57.7 Å². The molecule has 110 valence electrons. The summed E-state index contributed by atoms with van der Waals surface area (Å²) in [5.41, 5.74) is 2.25. The average molecular weight is 289 g/mol. The number of rotatable bonds is 3. The van der Waals surface area contributed by atoms with Crippen molar-refractivity contribution in [1.82, 2.24) is 9.97 Å². The first kappa shape index (κ1) is 13.3. The summed E-state index contributed by atoms with van der Waals surface area (Å²) < 4.78 is 0. The van der Waals surface area contributed by atoms with E-state index < -0.39 is 0 Å². The molecule has 0 radical (unpaired) electrons. The van der Waals surface area contributed by atoms with Crippen LogP contribution in [0.3, 0.4) is 0 Å². The van der Waals surface area contributed by atoms with Gasteiger partial charge in [0.15, 0.2) is 0 Å². The highest BCUT2D eigenvalue weighted by molar-refractivity contribution is 5.96. The van der Waals surface area contributed by atoms with Crippen LogP contribution in [0.4, 0.5) is 5.95 Å². The van der Waals surface area contributed by atoms with Gasteiger partial charge in [-0.1, -0.05) is 55.3 Å². The monoisotopic (exact) mass is 289 g/mol. The first-order valence-electron chi connectivity index (χ1n) is 7.97. The Morgan fingerprint density at radius 2 is 1.59 bits per heavy atom. The van der Waals surface area contributed by atoms with Crippen molar-refractivity contribution in [3.05, 3.63) is 54.9 Å². The number of benzene rings is 2. The minimum atomic E-state index is 0.545. The lowest BCUT2D eigenvalue weighted by Gasteiger charge is -2.12. The second-order valence-electron chi connectivity index (χ2n) is 5.95. The summed E-state index contributed by atoms with van der Waals surface area (Å²) in [5.74, 6) is 0.746. The van der Waals surface area contributed by atoms with E-state index in [4.69, 9.17) is 0 Å². The summed E-state index contributed by atoms with van der Waals surface area (Å²) in [7, 11) is 0. The van der Waals surface area contributed by atoms with Crippen molar-refractivity contribution in [2.45, 2.75) is 31.7 Å². The maximum absolute atomic E-state index is 4.50. The number of nitrogens with zero attached hydrogens (tertiary/aromatic N) is 2. The van der Waals surface area contributed by atoms with Gasteiger partial charge < -0.3 is 5.32 Å². The first-order chi connectivity index (χ1) is 10.9. The molecule has 3 nitrogen and oxygen atoms in total. The molecule has 1 aliphatic rings. The minimum Gasteiger partial charge on any atom is -0.351 e. The Kier molecular flexibility index (Phi) is 3.47. The van der Waals surface area contributed by atoms with Crippen molar-refractivity contribution >= 4 is 16.7 Å². The number of fused-ring (bicyclic) bond motifs is 1. The van der Waals surface area contributed by atoms with Crippen LogP contribution < -0.4 is 5.32 Å². The van der Waals surface area contributed by atoms with Gasteiger partial charge in [0.05, 0.1) is 0 Å². The van der Waals surface area contributed by atoms with Gasteiger partial charge in [0.2, 0.25) is 5.95 Å². The van der Waals surface area contributed by atoms with E-state index in [1.807, 2.05) is 12.4 Å².